The Morgan fingerprint density at radius 1 is 1.16 bits per heavy atom. The van der Waals surface area contributed by atoms with Crippen molar-refractivity contribution in [1.29, 1.82) is 0 Å². The van der Waals surface area contributed by atoms with Gasteiger partial charge in [-0.1, -0.05) is 25.1 Å². The van der Waals surface area contributed by atoms with E-state index in [1.54, 1.807) is 17.9 Å². The number of piperazine rings is 1. The molecular formula is C22H26N4O5S. The Balaban J connectivity index is 1.42. The second-order valence-electron chi connectivity index (χ2n) is 7.74. The number of rotatable bonds is 4. The molecule has 0 aliphatic carbocycles. The molecule has 2 aliphatic rings. The number of nitrogens with zero attached hydrogens (tertiary/aromatic N) is 2. The van der Waals surface area contributed by atoms with Crippen LogP contribution in [-0.4, -0.2) is 61.8 Å². The third-order valence-electron chi connectivity index (χ3n) is 5.69. The monoisotopic (exact) mass is 458 g/mol. The van der Waals surface area contributed by atoms with E-state index in [1.165, 1.54) is 16.4 Å². The Morgan fingerprint density at radius 3 is 2.59 bits per heavy atom. The van der Waals surface area contributed by atoms with E-state index in [4.69, 9.17) is 4.74 Å². The molecule has 0 bridgehead atoms. The minimum absolute atomic E-state index is 0.0736. The molecule has 1 fully saturated rings. The summed E-state index contributed by atoms with van der Waals surface area (Å²) in [4.78, 5) is 26.2. The maximum atomic E-state index is 13.1. The molecule has 9 nitrogen and oxygen atoms in total. The summed E-state index contributed by atoms with van der Waals surface area (Å²) in [5.74, 6) is 0.112. The van der Waals surface area contributed by atoms with Crippen LogP contribution in [0.5, 0.6) is 5.75 Å². The Morgan fingerprint density at radius 2 is 1.88 bits per heavy atom. The molecule has 2 heterocycles. The number of hydrogen-bond donors (Lipinski definition) is 2. The first-order valence-corrected chi connectivity index (χ1v) is 12.0. The van der Waals surface area contributed by atoms with Crippen LogP contribution >= 0.6 is 0 Å². The SMILES string of the molecule is CCc1ccccc1NC(=O)N1CCN(S(=O)(=O)c2ccc3c(c2)NC(=O)C(C)O3)CC1. The van der Waals surface area contributed by atoms with Gasteiger partial charge in [0, 0.05) is 31.9 Å². The molecule has 10 heteroatoms. The van der Waals surface area contributed by atoms with Crippen molar-refractivity contribution < 1.29 is 22.7 Å². The summed E-state index contributed by atoms with van der Waals surface area (Å²) in [7, 11) is -3.78. The Kier molecular flexibility index (Phi) is 6.07. The molecule has 2 aromatic carbocycles. The number of hydrogen-bond acceptors (Lipinski definition) is 5. The summed E-state index contributed by atoms with van der Waals surface area (Å²) in [5.41, 5.74) is 2.14. The molecule has 2 aliphatic heterocycles. The number of anilines is 2. The van der Waals surface area contributed by atoms with Gasteiger partial charge in [0.15, 0.2) is 6.10 Å². The highest BCUT2D eigenvalue weighted by Crippen LogP contribution is 2.33. The van der Waals surface area contributed by atoms with Crippen LogP contribution < -0.4 is 15.4 Å². The van der Waals surface area contributed by atoms with Gasteiger partial charge in [0.25, 0.3) is 5.91 Å². The predicted molar refractivity (Wildman–Crippen MR) is 120 cm³/mol. The molecule has 1 unspecified atom stereocenters. The van der Waals surface area contributed by atoms with Crippen LogP contribution in [0.25, 0.3) is 0 Å². The number of carbonyl (C=O) groups excluding carboxylic acids is 2. The van der Waals surface area contributed by atoms with Gasteiger partial charge in [-0.25, -0.2) is 13.2 Å². The highest BCUT2D eigenvalue weighted by Gasteiger charge is 2.32. The Hall–Kier alpha value is -3.11. The van der Waals surface area contributed by atoms with Crippen molar-refractivity contribution >= 4 is 33.3 Å². The minimum atomic E-state index is -3.78. The standard InChI is InChI=1S/C22H26N4O5S/c1-3-16-6-4-5-7-18(16)24-22(28)25-10-12-26(13-11-25)32(29,30)17-8-9-20-19(14-17)23-21(27)15(2)31-20/h4-9,14-15H,3,10-13H2,1-2H3,(H,23,27)(H,24,28). The van der Waals surface area contributed by atoms with Gasteiger partial charge in [0.1, 0.15) is 5.75 Å². The highest BCUT2D eigenvalue weighted by atomic mass is 32.2. The summed E-state index contributed by atoms with van der Waals surface area (Å²) in [5, 5.41) is 5.59. The largest absolute Gasteiger partial charge is 0.479 e. The maximum absolute atomic E-state index is 13.1. The average molecular weight is 459 g/mol. The van der Waals surface area contributed by atoms with Crippen LogP contribution in [0, 0.1) is 0 Å². The smallest absolute Gasteiger partial charge is 0.321 e. The predicted octanol–water partition coefficient (Wildman–Crippen LogP) is 2.51. The van der Waals surface area contributed by atoms with Crippen LogP contribution in [0.1, 0.15) is 19.4 Å². The molecule has 1 saturated heterocycles. The van der Waals surface area contributed by atoms with Crippen LogP contribution in [-0.2, 0) is 21.2 Å². The molecule has 32 heavy (non-hydrogen) atoms. The number of para-hydroxylation sites is 1. The molecule has 1 atom stereocenters. The fourth-order valence-corrected chi connectivity index (χ4v) is 5.22. The Bertz CT molecular complexity index is 1140. The van der Waals surface area contributed by atoms with E-state index in [9.17, 15) is 18.0 Å². The zero-order valence-corrected chi connectivity index (χ0v) is 18.8. The van der Waals surface area contributed by atoms with Crippen molar-refractivity contribution in [2.75, 3.05) is 36.8 Å². The second-order valence-corrected chi connectivity index (χ2v) is 9.68. The fraction of sp³-hybridized carbons (Fsp3) is 0.364. The van der Waals surface area contributed by atoms with E-state index in [2.05, 4.69) is 10.6 Å². The van der Waals surface area contributed by atoms with Gasteiger partial charge < -0.3 is 20.3 Å². The normalized spacial score (nSPS) is 19.0. The van der Waals surface area contributed by atoms with Crippen molar-refractivity contribution in [3.05, 3.63) is 48.0 Å². The van der Waals surface area contributed by atoms with E-state index in [0.717, 1.165) is 17.7 Å². The summed E-state index contributed by atoms with van der Waals surface area (Å²) >= 11 is 0. The zero-order valence-electron chi connectivity index (χ0n) is 18.0. The second kappa shape index (κ2) is 8.79. The van der Waals surface area contributed by atoms with Gasteiger partial charge in [-0.2, -0.15) is 4.31 Å². The van der Waals surface area contributed by atoms with E-state index >= 15 is 0 Å². The third-order valence-corrected chi connectivity index (χ3v) is 7.58. The number of amides is 3. The summed E-state index contributed by atoms with van der Waals surface area (Å²) in [6.45, 7) is 4.57. The maximum Gasteiger partial charge on any atom is 0.321 e. The van der Waals surface area contributed by atoms with Gasteiger partial charge in [0.2, 0.25) is 10.0 Å². The number of sulfonamides is 1. The van der Waals surface area contributed by atoms with Gasteiger partial charge in [-0.05, 0) is 43.2 Å². The van der Waals surface area contributed by atoms with Crippen molar-refractivity contribution in [2.45, 2.75) is 31.3 Å². The number of aryl methyl sites for hydroxylation is 1. The van der Waals surface area contributed by atoms with Gasteiger partial charge >= 0.3 is 6.03 Å². The highest BCUT2D eigenvalue weighted by molar-refractivity contribution is 7.89. The first kappa shape index (κ1) is 22.1. The molecule has 170 valence electrons. The molecule has 0 radical (unpaired) electrons. The summed E-state index contributed by atoms with van der Waals surface area (Å²) in [6.07, 6.45) is 0.168. The first-order valence-electron chi connectivity index (χ1n) is 10.5. The van der Waals surface area contributed by atoms with E-state index < -0.39 is 16.1 Å². The number of benzene rings is 2. The van der Waals surface area contributed by atoms with Gasteiger partial charge in [-0.15, -0.1) is 0 Å². The number of fused-ring (bicyclic) bond motifs is 1. The molecule has 4 rings (SSSR count). The number of urea groups is 1. The Labute approximate surface area is 187 Å². The molecule has 0 spiro atoms. The number of carbonyl (C=O) groups is 2. The fourth-order valence-electron chi connectivity index (χ4n) is 3.77. The third kappa shape index (κ3) is 4.28. The topological polar surface area (TPSA) is 108 Å². The van der Waals surface area contributed by atoms with Crippen LogP contribution in [0.3, 0.4) is 0 Å². The molecule has 0 saturated carbocycles. The molecule has 2 aromatic rings. The molecule has 0 aromatic heterocycles. The van der Waals surface area contributed by atoms with Crippen LogP contribution in [0.15, 0.2) is 47.4 Å². The number of nitrogens with one attached hydrogen (secondary N) is 2. The van der Waals surface area contributed by atoms with Crippen LogP contribution in [0.4, 0.5) is 16.2 Å². The van der Waals surface area contributed by atoms with Gasteiger partial charge in [0.05, 0.1) is 10.6 Å². The first-order chi connectivity index (χ1) is 15.3. The van der Waals surface area contributed by atoms with E-state index in [-0.39, 0.29) is 43.0 Å². The van der Waals surface area contributed by atoms with Crippen LogP contribution in [0.2, 0.25) is 0 Å². The van der Waals surface area contributed by atoms with Crippen molar-refractivity contribution in [1.82, 2.24) is 9.21 Å². The quantitative estimate of drug-likeness (QED) is 0.732. The molecular weight excluding hydrogens is 432 g/mol. The number of ether oxygens (including phenoxy) is 1. The lowest BCUT2D eigenvalue weighted by molar-refractivity contribution is -0.122. The van der Waals surface area contributed by atoms with Crippen molar-refractivity contribution in [2.24, 2.45) is 0 Å². The van der Waals surface area contributed by atoms with Crippen molar-refractivity contribution in [3.8, 4) is 5.75 Å². The van der Waals surface area contributed by atoms with Crippen molar-refractivity contribution in [3.63, 3.8) is 0 Å². The lowest BCUT2D eigenvalue weighted by Gasteiger charge is -2.34. The molecule has 3 amide bonds. The summed E-state index contributed by atoms with van der Waals surface area (Å²) in [6, 6.07) is 11.8. The summed E-state index contributed by atoms with van der Waals surface area (Å²) < 4.78 is 33.1. The average Bonchev–Trinajstić information content (AvgIpc) is 2.80. The lowest BCUT2D eigenvalue weighted by atomic mass is 10.1. The van der Waals surface area contributed by atoms with Gasteiger partial charge in [-0.3, -0.25) is 4.79 Å². The molecule has 2 N–H and O–H groups in total. The van der Waals surface area contributed by atoms with E-state index in [0.29, 0.717) is 11.4 Å². The minimum Gasteiger partial charge on any atom is -0.479 e. The zero-order chi connectivity index (χ0) is 22.9. The van der Waals surface area contributed by atoms with E-state index in [1.807, 2.05) is 31.2 Å². The lowest BCUT2D eigenvalue weighted by Crippen LogP contribution is -2.51.